The van der Waals surface area contributed by atoms with Gasteiger partial charge in [-0.2, -0.15) is 0 Å². The van der Waals surface area contributed by atoms with Crippen LogP contribution in [0.1, 0.15) is 25.0 Å². The van der Waals surface area contributed by atoms with Crippen molar-refractivity contribution in [1.29, 1.82) is 0 Å². The summed E-state index contributed by atoms with van der Waals surface area (Å²) < 4.78 is 0. The number of anilines is 1. The maximum Gasteiger partial charge on any atom is 0.0744 e. The topological polar surface area (TPSA) is 24.4 Å². The molecule has 0 aliphatic carbocycles. The van der Waals surface area contributed by atoms with Crippen LogP contribution < -0.4 is 5.32 Å². The van der Waals surface area contributed by atoms with Crippen molar-refractivity contribution in [1.82, 2.24) is 0 Å². The van der Waals surface area contributed by atoms with Crippen molar-refractivity contribution < 1.29 is 0 Å². The van der Waals surface area contributed by atoms with Crippen molar-refractivity contribution in [2.45, 2.75) is 19.9 Å². The minimum Gasteiger partial charge on any atom is -0.382 e. The Morgan fingerprint density at radius 1 is 0.808 bits per heavy atom. The van der Waals surface area contributed by atoms with E-state index >= 15 is 0 Å². The maximum absolute atomic E-state index is 5.18. The van der Waals surface area contributed by atoms with Gasteiger partial charge in [0.2, 0.25) is 0 Å². The molecule has 1 N–H and O–H groups in total. The Labute approximate surface area is 155 Å². The van der Waals surface area contributed by atoms with Crippen molar-refractivity contribution in [2.24, 2.45) is 10.9 Å². The fourth-order valence-electron chi connectivity index (χ4n) is 3.41. The molecular weight excluding hydrogens is 316 g/mol. The SMILES string of the molecule is CC(C)[C@H]1CNc2ccc(-c3ccccc3)cc2C(c2ccccc2)=N1. The van der Waals surface area contributed by atoms with Gasteiger partial charge in [-0.25, -0.2) is 0 Å². The van der Waals surface area contributed by atoms with Gasteiger partial charge in [0.1, 0.15) is 0 Å². The lowest BCUT2D eigenvalue weighted by Gasteiger charge is -2.16. The van der Waals surface area contributed by atoms with Crippen LogP contribution in [0.2, 0.25) is 0 Å². The fourth-order valence-corrected chi connectivity index (χ4v) is 3.41. The number of aliphatic imine (C=N–C) groups is 1. The summed E-state index contributed by atoms with van der Waals surface area (Å²) in [5, 5.41) is 3.62. The number of nitrogens with zero attached hydrogens (tertiary/aromatic N) is 1. The van der Waals surface area contributed by atoms with E-state index in [4.69, 9.17) is 4.99 Å². The van der Waals surface area contributed by atoms with E-state index in [1.165, 1.54) is 22.3 Å². The summed E-state index contributed by atoms with van der Waals surface area (Å²) in [6.45, 7) is 5.35. The quantitative estimate of drug-likeness (QED) is 0.655. The van der Waals surface area contributed by atoms with Crippen LogP contribution in [0.25, 0.3) is 11.1 Å². The van der Waals surface area contributed by atoms with E-state index in [9.17, 15) is 0 Å². The van der Waals surface area contributed by atoms with E-state index in [0.717, 1.165) is 17.9 Å². The van der Waals surface area contributed by atoms with Crippen molar-refractivity contribution in [3.8, 4) is 11.1 Å². The van der Waals surface area contributed by atoms with Crippen LogP contribution in [0, 0.1) is 5.92 Å². The molecule has 2 heteroatoms. The largest absolute Gasteiger partial charge is 0.382 e. The summed E-state index contributed by atoms with van der Waals surface area (Å²) in [5.74, 6) is 0.490. The number of nitrogens with one attached hydrogen (secondary N) is 1. The van der Waals surface area contributed by atoms with E-state index in [1.807, 2.05) is 0 Å². The van der Waals surface area contributed by atoms with Crippen LogP contribution in [-0.4, -0.2) is 18.3 Å². The second kappa shape index (κ2) is 7.17. The predicted molar refractivity (Wildman–Crippen MR) is 111 cm³/mol. The first kappa shape index (κ1) is 16.6. The lowest BCUT2D eigenvalue weighted by molar-refractivity contribution is 0.516. The molecule has 1 atom stereocenters. The molecule has 1 aliphatic heterocycles. The third-order valence-corrected chi connectivity index (χ3v) is 5.00. The minimum atomic E-state index is 0.262. The normalized spacial score (nSPS) is 16.4. The monoisotopic (exact) mass is 340 g/mol. The second-order valence-corrected chi connectivity index (χ2v) is 7.16. The zero-order valence-electron chi connectivity index (χ0n) is 15.3. The third-order valence-electron chi connectivity index (χ3n) is 5.00. The standard InChI is InChI=1S/C24H24N2/c1-17(2)23-16-25-22-14-13-20(18-9-5-3-6-10-18)15-21(22)24(26-23)19-11-7-4-8-12-19/h3-15,17,23,25H,16H2,1-2H3/t23-/m1/s1. The van der Waals surface area contributed by atoms with Crippen molar-refractivity contribution in [3.05, 3.63) is 90.0 Å². The van der Waals surface area contributed by atoms with Crippen LogP contribution >= 0.6 is 0 Å². The molecule has 0 aromatic heterocycles. The predicted octanol–water partition coefficient (Wildman–Crippen LogP) is 5.64. The molecule has 0 bridgehead atoms. The molecule has 3 aromatic carbocycles. The second-order valence-electron chi connectivity index (χ2n) is 7.16. The minimum absolute atomic E-state index is 0.262. The maximum atomic E-state index is 5.18. The molecule has 0 radical (unpaired) electrons. The van der Waals surface area contributed by atoms with E-state index in [0.29, 0.717) is 5.92 Å². The van der Waals surface area contributed by atoms with Crippen LogP contribution in [0.3, 0.4) is 0 Å². The van der Waals surface area contributed by atoms with Gasteiger partial charge in [-0.15, -0.1) is 0 Å². The van der Waals surface area contributed by atoms with Crippen LogP contribution in [-0.2, 0) is 0 Å². The smallest absolute Gasteiger partial charge is 0.0744 e. The summed E-state index contributed by atoms with van der Waals surface area (Å²) in [7, 11) is 0. The molecule has 2 nitrogen and oxygen atoms in total. The molecule has 0 saturated heterocycles. The highest BCUT2D eigenvalue weighted by Gasteiger charge is 2.21. The van der Waals surface area contributed by atoms with Gasteiger partial charge in [-0.05, 0) is 29.2 Å². The van der Waals surface area contributed by atoms with Gasteiger partial charge in [0.15, 0.2) is 0 Å². The lowest BCUT2D eigenvalue weighted by atomic mass is 9.96. The first-order chi connectivity index (χ1) is 12.7. The molecule has 26 heavy (non-hydrogen) atoms. The molecule has 0 fully saturated rings. The Hall–Kier alpha value is -2.87. The molecular formula is C24H24N2. The van der Waals surface area contributed by atoms with Crippen LogP contribution in [0.4, 0.5) is 5.69 Å². The number of hydrogen-bond donors (Lipinski definition) is 1. The number of benzodiazepines with no additional fused rings is 1. The Balaban J connectivity index is 1.88. The average molecular weight is 340 g/mol. The average Bonchev–Trinajstić information content (AvgIpc) is 2.89. The van der Waals surface area contributed by atoms with Crippen molar-refractivity contribution >= 4 is 11.4 Å². The molecule has 0 amide bonds. The summed E-state index contributed by atoms with van der Waals surface area (Å²) >= 11 is 0. The van der Waals surface area contributed by atoms with Crippen molar-refractivity contribution in [3.63, 3.8) is 0 Å². The molecule has 0 saturated carbocycles. The highest BCUT2D eigenvalue weighted by molar-refractivity contribution is 6.16. The van der Waals surface area contributed by atoms with Gasteiger partial charge < -0.3 is 5.32 Å². The van der Waals surface area contributed by atoms with Gasteiger partial charge in [0, 0.05) is 23.4 Å². The third kappa shape index (κ3) is 3.28. The Morgan fingerprint density at radius 3 is 2.12 bits per heavy atom. The summed E-state index contributed by atoms with van der Waals surface area (Å²) in [4.78, 5) is 5.18. The molecule has 1 heterocycles. The first-order valence-electron chi connectivity index (χ1n) is 9.29. The van der Waals surface area contributed by atoms with Crippen LogP contribution in [0.15, 0.2) is 83.9 Å². The number of hydrogen-bond acceptors (Lipinski definition) is 2. The number of benzene rings is 3. The first-order valence-corrected chi connectivity index (χ1v) is 9.29. The Morgan fingerprint density at radius 2 is 1.46 bits per heavy atom. The summed E-state index contributed by atoms with van der Waals surface area (Å²) in [6, 6.07) is 28.0. The van der Waals surface area contributed by atoms with Crippen LogP contribution in [0.5, 0.6) is 0 Å². The summed E-state index contributed by atoms with van der Waals surface area (Å²) in [6.07, 6.45) is 0. The molecule has 0 spiro atoms. The van der Waals surface area contributed by atoms with Gasteiger partial charge >= 0.3 is 0 Å². The Bertz CT molecular complexity index is 911. The highest BCUT2D eigenvalue weighted by atomic mass is 15.0. The number of fused-ring (bicyclic) bond motifs is 1. The molecule has 0 unspecified atom stereocenters. The molecule has 1 aliphatic rings. The van der Waals surface area contributed by atoms with Gasteiger partial charge in [0.25, 0.3) is 0 Å². The fraction of sp³-hybridized carbons (Fsp3) is 0.208. The Kier molecular flexibility index (Phi) is 4.57. The number of rotatable bonds is 3. The zero-order chi connectivity index (χ0) is 17.9. The highest BCUT2D eigenvalue weighted by Crippen LogP contribution is 2.30. The van der Waals surface area contributed by atoms with E-state index in [-0.39, 0.29) is 6.04 Å². The lowest BCUT2D eigenvalue weighted by Crippen LogP contribution is -2.22. The zero-order valence-corrected chi connectivity index (χ0v) is 15.3. The van der Waals surface area contributed by atoms with Gasteiger partial charge in [0.05, 0.1) is 11.8 Å². The van der Waals surface area contributed by atoms with E-state index in [2.05, 4.69) is 98.0 Å². The van der Waals surface area contributed by atoms with Gasteiger partial charge in [-0.1, -0.05) is 80.6 Å². The summed E-state index contributed by atoms with van der Waals surface area (Å²) in [5.41, 5.74) is 7.05. The van der Waals surface area contributed by atoms with E-state index in [1.54, 1.807) is 0 Å². The molecule has 4 rings (SSSR count). The van der Waals surface area contributed by atoms with Gasteiger partial charge in [-0.3, -0.25) is 4.99 Å². The van der Waals surface area contributed by atoms with Crippen molar-refractivity contribution in [2.75, 3.05) is 11.9 Å². The molecule has 130 valence electrons. The van der Waals surface area contributed by atoms with E-state index < -0.39 is 0 Å². The molecule has 3 aromatic rings.